The molecule has 0 radical (unpaired) electrons. The zero-order chi connectivity index (χ0) is 13.8. The van der Waals surface area contributed by atoms with Crippen molar-refractivity contribution in [1.82, 2.24) is 4.90 Å². The fourth-order valence-electron chi connectivity index (χ4n) is 1.75. The Bertz CT molecular complexity index is 418. The molecule has 0 atom stereocenters. The molecule has 0 unspecified atom stereocenters. The summed E-state index contributed by atoms with van der Waals surface area (Å²) in [5.41, 5.74) is 6.66. The van der Waals surface area contributed by atoms with Crippen LogP contribution in [0.5, 0.6) is 0 Å². The second-order valence-corrected chi connectivity index (χ2v) is 6.34. The fraction of sp³-hybridized carbons (Fsp3) is 0.500. The summed E-state index contributed by atoms with van der Waals surface area (Å²) in [5.74, 6) is 0.120. The number of carbonyl (C=O) groups is 1. The van der Waals surface area contributed by atoms with Gasteiger partial charge in [0.05, 0.1) is 6.42 Å². The molecule has 0 spiro atoms. The molecule has 4 heteroatoms. The number of carbonyl (C=O) groups excluding carboxylic acids is 1. The molecular formula is C14H21BrN2O. The molecule has 0 saturated carbocycles. The lowest BCUT2D eigenvalue weighted by Gasteiger charge is -2.29. The Morgan fingerprint density at radius 2 is 2.11 bits per heavy atom. The van der Waals surface area contributed by atoms with Gasteiger partial charge >= 0.3 is 0 Å². The van der Waals surface area contributed by atoms with Crippen molar-refractivity contribution in [2.75, 3.05) is 20.1 Å². The summed E-state index contributed by atoms with van der Waals surface area (Å²) in [6.45, 7) is 5.38. The first kappa shape index (κ1) is 15.2. The van der Waals surface area contributed by atoms with Gasteiger partial charge in [-0.15, -0.1) is 0 Å². The van der Waals surface area contributed by atoms with E-state index < -0.39 is 0 Å². The molecule has 18 heavy (non-hydrogen) atoms. The van der Waals surface area contributed by atoms with Crippen LogP contribution >= 0.6 is 15.9 Å². The summed E-state index contributed by atoms with van der Waals surface area (Å²) in [4.78, 5) is 13.8. The molecule has 0 aliphatic heterocycles. The Labute approximate surface area is 117 Å². The summed E-state index contributed by atoms with van der Waals surface area (Å²) in [5, 5.41) is 0. The van der Waals surface area contributed by atoms with E-state index in [2.05, 4.69) is 29.8 Å². The van der Waals surface area contributed by atoms with E-state index in [1.54, 1.807) is 4.90 Å². The van der Waals surface area contributed by atoms with E-state index in [1.807, 2.05) is 31.3 Å². The topological polar surface area (TPSA) is 46.3 Å². The highest BCUT2D eigenvalue weighted by Crippen LogP contribution is 2.16. The minimum absolute atomic E-state index is 0.0400. The molecular weight excluding hydrogens is 292 g/mol. The van der Waals surface area contributed by atoms with Crippen molar-refractivity contribution >= 4 is 21.8 Å². The maximum atomic E-state index is 12.1. The first-order chi connectivity index (χ1) is 8.34. The smallest absolute Gasteiger partial charge is 0.226 e. The molecule has 100 valence electrons. The lowest BCUT2D eigenvalue weighted by molar-refractivity contribution is -0.130. The molecule has 0 aliphatic carbocycles. The van der Waals surface area contributed by atoms with Gasteiger partial charge in [-0.05, 0) is 29.7 Å². The highest BCUT2D eigenvalue weighted by atomic mass is 79.9. The van der Waals surface area contributed by atoms with Crippen molar-refractivity contribution in [3.05, 3.63) is 34.3 Å². The second-order valence-electron chi connectivity index (χ2n) is 5.42. The highest BCUT2D eigenvalue weighted by molar-refractivity contribution is 9.10. The van der Waals surface area contributed by atoms with E-state index in [4.69, 9.17) is 5.73 Å². The molecule has 3 nitrogen and oxygen atoms in total. The van der Waals surface area contributed by atoms with Crippen molar-refractivity contribution in [1.29, 1.82) is 0 Å². The number of likely N-dealkylation sites (N-methyl/N-ethyl adjacent to an activating group) is 1. The number of hydrogen-bond acceptors (Lipinski definition) is 2. The monoisotopic (exact) mass is 312 g/mol. The molecule has 2 N–H and O–H groups in total. The maximum Gasteiger partial charge on any atom is 0.226 e. The average Bonchev–Trinajstić information content (AvgIpc) is 2.28. The van der Waals surface area contributed by atoms with Crippen LogP contribution in [0, 0.1) is 5.41 Å². The SMILES string of the molecule is CN(CC(C)(C)CN)C(=O)Cc1cccc(Br)c1. The Hall–Kier alpha value is -0.870. The van der Waals surface area contributed by atoms with Gasteiger partial charge in [0.1, 0.15) is 0 Å². The second kappa shape index (κ2) is 6.34. The van der Waals surface area contributed by atoms with Gasteiger partial charge in [0.25, 0.3) is 0 Å². The minimum Gasteiger partial charge on any atom is -0.345 e. The molecule has 0 fully saturated rings. The van der Waals surface area contributed by atoms with Crippen LogP contribution in [0.2, 0.25) is 0 Å². The largest absolute Gasteiger partial charge is 0.345 e. The van der Waals surface area contributed by atoms with Crippen molar-refractivity contribution < 1.29 is 4.79 Å². The van der Waals surface area contributed by atoms with Crippen molar-refractivity contribution in [3.63, 3.8) is 0 Å². The van der Waals surface area contributed by atoms with Gasteiger partial charge in [-0.1, -0.05) is 41.9 Å². The van der Waals surface area contributed by atoms with Crippen LogP contribution in [-0.4, -0.2) is 30.9 Å². The number of benzene rings is 1. The summed E-state index contributed by atoms with van der Waals surface area (Å²) in [6, 6.07) is 7.83. The van der Waals surface area contributed by atoms with Gasteiger partial charge in [0.2, 0.25) is 5.91 Å². The van der Waals surface area contributed by atoms with Crippen molar-refractivity contribution in [2.24, 2.45) is 11.1 Å². The zero-order valence-corrected chi connectivity index (χ0v) is 12.8. The van der Waals surface area contributed by atoms with Crippen molar-refractivity contribution in [2.45, 2.75) is 20.3 Å². The fourth-order valence-corrected chi connectivity index (χ4v) is 2.20. The van der Waals surface area contributed by atoms with Crippen LogP contribution in [0.15, 0.2) is 28.7 Å². The first-order valence-corrected chi connectivity index (χ1v) is 6.82. The zero-order valence-electron chi connectivity index (χ0n) is 11.2. The molecule has 0 aliphatic rings. The maximum absolute atomic E-state index is 12.1. The van der Waals surface area contributed by atoms with Gasteiger partial charge < -0.3 is 10.6 Å². The first-order valence-electron chi connectivity index (χ1n) is 6.02. The molecule has 0 saturated heterocycles. The van der Waals surface area contributed by atoms with Gasteiger partial charge in [-0.3, -0.25) is 4.79 Å². The number of hydrogen-bond donors (Lipinski definition) is 1. The number of nitrogens with two attached hydrogens (primary N) is 1. The lowest BCUT2D eigenvalue weighted by Crippen LogP contribution is -2.40. The van der Waals surface area contributed by atoms with E-state index in [1.165, 1.54) is 0 Å². The Kier molecular flexibility index (Phi) is 5.35. The van der Waals surface area contributed by atoms with Crippen LogP contribution in [0.1, 0.15) is 19.4 Å². The normalized spacial score (nSPS) is 11.4. The van der Waals surface area contributed by atoms with Crippen LogP contribution < -0.4 is 5.73 Å². The predicted molar refractivity (Wildman–Crippen MR) is 78.3 cm³/mol. The van der Waals surface area contributed by atoms with Gasteiger partial charge in [-0.2, -0.15) is 0 Å². The number of nitrogens with zero attached hydrogens (tertiary/aromatic N) is 1. The van der Waals surface area contributed by atoms with Gasteiger partial charge in [0.15, 0.2) is 0 Å². The predicted octanol–water partition coefficient (Wildman–Crippen LogP) is 2.43. The van der Waals surface area contributed by atoms with E-state index in [0.717, 1.165) is 10.0 Å². The third-order valence-electron chi connectivity index (χ3n) is 2.89. The Morgan fingerprint density at radius 1 is 1.44 bits per heavy atom. The van der Waals surface area contributed by atoms with E-state index in [-0.39, 0.29) is 11.3 Å². The number of halogens is 1. The summed E-state index contributed by atoms with van der Waals surface area (Å²) in [7, 11) is 1.83. The van der Waals surface area contributed by atoms with E-state index in [0.29, 0.717) is 19.5 Å². The molecule has 1 aromatic rings. The lowest BCUT2D eigenvalue weighted by atomic mass is 9.93. The molecule has 0 heterocycles. The molecule has 1 aromatic carbocycles. The third-order valence-corrected chi connectivity index (χ3v) is 3.38. The van der Waals surface area contributed by atoms with Crippen LogP contribution in [0.4, 0.5) is 0 Å². The number of rotatable bonds is 5. The summed E-state index contributed by atoms with van der Waals surface area (Å²) < 4.78 is 0.998. The molecule has 0 bridgehead atoms. The minimum atomic E-state index is -0.0400. The van der Waals surface area contributed by atoms with E-state index >= 15 is 0 Å². The van der Waals surface area contributed by atoms with Crippen LogP contribution in [0.3, 0.4) is 0 Å². The molecule has 0 aromatic heterocycles. The number of amides is 1. The summed E-state index contributed by atoms with van der Waals surface area (Å²) in [6.07, 6.45) is 0.427. The molecule has 1 rings (SSSR count). The van der Waals surface area contributed by atoms with Gasteiger partial charge in [0, 0.05) is 18.1 Å². The third kappa shape index (κ3) is 4.78. The van der Waals surface area contributed by atoms with Crippen LogP contribution in [-0.2, 0) is 11.2 Å². The Balaban J connectivity index is 2.60. The van der Waals surface area contributed by atoms with E-state index in [9.17, 15) is 4.79 Å². The van der Waals surface area contributed by atoms with Gasteiger partial charge in [-0.25, -0.2) is 0 Å². The molecule has 1 amide bonds. The van der Waals surface area contributed by atoms with Crippen molar-refractivity contribution in [3.8, 4) is 0 Å². The van der Waals surface area contributed by atoms with Crippen LogP contribution in [0.25, 0.3) is 0 Å². The average molecular weight is 313 g/mol. The highest BCUT2D eigenvalue weighted by Gasteiger charge is 2.21. The standard InChI is InChI=1S/C14H21BrN2O/c1-14(2,9-16)10-17(3)13(18)8-11-5-4-6-12(15)7-11/h4-7H,8-10,16H2,1-3H3. The summed E-state index contributed by atoms with van der Waals surface area (Å²) >= 11 is 3.41. The Morgan fingerprint density at radius 3 is 2.67 bits per heavy atom. The quantitative estimate of drug-likeness (QED) is 0.907.